The number of carbonyl (C=O) groups excluding carboxylic acids is 2. The monoisotopic (exact) mass is 263 g/mol. The van der Waals surface area contributed by atoms with Crippen LogP contribution in [0, 0.1) is 0 Å². The number of ether oxygens (including phenoxy) is 2. The number of hydrogen-bond donors (Lipinski definition) is 0. The molecule has 2 unspecified atom stereocenters. The Bertz CT molecular complexity index is 460. The zero-order chi connectivity index (χ0) is 13.8. The second-order valence-electron chi connectivity index (χ2n) is 4.41. The van der Waals surface area contributed by atoms with Crippen molar-refractivity contribution >= 4 is 12.1 Å². The Labute approximate surface area is 112 Å². The lowest BCUT2D eigenvalue weighted by molar-refractivity contribution is -0.146. The molecule has 1 fully saturated rings. The third-order valence-corrected chi connectivity index (χ3v) is 3.22. The van der Waals surface area contributed by atoms with Crippen molar-refractivity contribution in [1.82, 2.24) is 4.90 Å². The molecule has 102 valence electrons. The van der Waals surface area contributed by atoms with E-state index in [0.717, 1.165) is 5.56 Å². The summed E-state index contributed by atoms with van der Waals surface area (Å²) in [4.78, 5) is 25.1. The van der Waals surface area contributed by atoms with Gasteiger partial charge in [-0.05, 0) is 12.0 Å². The molecule has 5 nitrogen and oxygen atoms in total. The van der Waals surface area contributed by atoms with E-state index >= 15 is 0 Å². The minimum absolute atomic E-state index is 0.343. The molecule has 1 amide bonds. The molecule has 1 aliphatic heterocycles. The van der Waals surface area contributed by atoms with Crippen LogP contribution >= 0.6 is 0 Å². The highest BCUT2D eigenvalue weighted by molar-refractivity contribution is 5.85. The molecule has 1 aromatic rings. The summed E-state index contributed by atoms with van der Waals surface area (Å²) in [5.74, 6) is -0.436. The fraction of sp³-hybridized carbons (Fsp3) is 0.429. The second-order valence-corrected chi connectivity index (χ2v) is 4.41. The molecule has 0 aromatic heterocycles. The Kier molecular flexibility index (Phi) is 4.04. The average Bonchev–Trinajstić information content (AvgIpc) is 2.76. The molecule has 0 radical (unpaired) electrons. The van der Waals surface area contributed by atoms with Crippen LogP contribution in [0.3, 0.4) is 0 Å². The molecule has 2 atom stereocenters. The van der Waals surface area contributed by atoms with Crippen LogP contribution in [0.4, 0.5) is 4.79 Å². The van der Waals surface area contributed by atoms with E-state index in [9.17, 15) is 9.59 Å². The van der Waals surface area contributed by atoms with Crippen LogP contribution in [0.15, 0.2) is 30.3 Å². The summed E-state index contributed by atoms with van der Waals surface area (Å²) in [7, 11) is 1.32. The summed E-state index contributed by atoms with van der Waals surface area (Å²) < 4.78 is 9.99. The molecule has 19 heavy (non-hydrogen) atoms. The third-order valence-electron chi connectivity index (χ3n) is 3.22. The fourth-order valence-electron chi connectivity index (χ4n) is 2.23. The van der Waals surface area contributed by atoms with Gasteiger partial charge in [0.2, 0.25) is 0 Å². The Hall–Kier alpha value is -2.04. The molecular weight excluding hydrogens is 246 g/mol. The quantitative estimate of drug-likeness (QED) is 0.779. The van der Waals surface area contributed by atoms with Crippen molar-refractivity contribution in [3.63, 3.8) is 0 Å². The highest BCUT2D eigenvalue weighted by Crippen LogP contribution is 2.25. The average molecular weight is 263 g/mol. The van der Waals surface area contributed by atoms with Gasteiger partial charge in [0.15, 0.2) is 6.04 Å². The van der Waals surface area contributed by atoms with E-state index in [1.807, 2.05) is 37.3 Å². The molecule has 1 heterocycles. The van der Waals surface area contributed by atoms with Gasteiger partial charge in [-0.1, -0.05) is 37.3 Å². The molecule has 0 aliphatic carbocycles. The lowest BCUT2D eigenvalue weighted by Crippen LogP contribution is -2.43. The molecule has 1 saturated heterocycles. The zero-order valence-electron chi connectivity index (χ0n) is 11.0. The maximum absolute atomic E-state index is 11.9. The molecular formula is C14H17NO4. The molecule has 0 N–H and O–H groups in total. The van der Waals surface area contributed by atoms with Crippen molar-refractivity contribution in [2.45, 2.75) is 32.0 Å². The van der Waals surface area contributed by atoms with Crippen LogP contribution in [0.25, 0.3) is 0 Å². The molecule has 0 spiro atoms. The van der Waals surface area contributed by atoms with Crippen LogP contribution < -0.4 is 0 Å². The lowest BCUT2D eigenvalue weighted by atomic mass is 10.1. The summed E-state index contributed by atoms with van der Waals surface area (Å²) in [6, 6.07) is 8.82. The van der Waals surface area contributed by atoms with E-state index < -0.39 is 24.2 Å². The number of carbonyl (C=O) groups is 2. The molecule has 1 aromatic carbocycles. The van der Waals surface area contributed by atoms with E-state index in [4.69, 9.17) is 9.47 Å². The number of rotatable bonds is 4. The number of esters is 1. The van der Waals surface area contributed by atoms with Crippen molar-refractivity contribution in [2.24, 2.45) is 0 Å². The summed E-state index contributed by atoms with van der Waals surface area (Å²) in [6.45, 7) is 2.22. The highest BCUT2D eigenvalue weighted by Gasteiger charge is 2.45. The number of cyclic esters (lactones) is 1. The Morgan fingerprint density at radius 1 is 1.37 bits per heavy atom. The molecule has 2 rings (SSSR count). The predicted molar refractivity (Wildman–Crippen MR) is 68.3 cm³/mol. The van der Waals surface area contributed by atoms with Gasteiger partial charge in [-0.25, -0.2) is 9.59 Å². The van der Waals surface area contributed by atoms with E-state index in [0.29, 0.717) is 13.0 Å². The van der Waals surface area contributed by atoms with Gasteiger partial charge in [0.1, 0.15) is 6.10 Å². The Morgan fingerprint density at radius 3 is 2.63 bits per heavy atom. The summed E-state index contributed by atoms with van der Waals surface area (Å²) in [6.07, 6.45) is -0.327. The second kappa shape index (κ2) is 5.73. The van der Waals surface area contributed by atoms with Crippen molar-refractivity contribution in [3.8, 4) is 0 Å². The van der Waals surface area contributed by atoms with Gasteiger partial charge in [-0.15, -0.1) is 0 Å². The first-order valence-corrected chi connectivity index (χ1v) is 6.26. The van der Waals surface area contributed by atoms with Gasteiger partial charge in [0.05, 0.1) is 13.7 Å². The summed E-state index contributed by atoms with van der Waals surface area (Å²) in [5.41, 5.74) is 0.949. The number of hydrogen-bond acceptors (Lipinski definition) is 4. The van der Waals surface area contributed by atoms with Gasteiger partial charge in [0.25, 0.3) is 0 Å². The zero-order valence-corrected chi connectivity index (χ0v) is 11.0. The van der Waals surface area contributed by atoms with Gasteiger partial charge in [0, 0.05) is 0 Å². The topological polar surface area (TPSA) is 55.8 Å². The van der Waals surface area contributed by atoms with Crippen molar-refractivity contribution in [2.75, 3.05) is 7.11 Å². The summed E-state index contributed by atoms with van der Waals surface area (Å²) in [5, 5.41) is 0. The minimum Gasteiger partial charge on any atom is -0.467 e. The van der Waals surface area contributed by atoms with Gasteiger partial charge < -0.3 is 9.47 Å². The molecule has 0 bridgehead atoms. The normalized spacial score (nSPS) is 22.2. The molecule has 1 aliphatic rings. The Balaban J connectivity index is 2.20. The van der Waals surface area contributed by atoms with Crippen molar-refractivity contribution in [1.29, 1.82) is 0 Å². The van der Waals surface area contributed by atoms with Gasteiger partial charge in [-0.2, -0.15) is 0 Å². The van der Waals surface area contributed by atoms with Crippen molar-refractivity contribution in [3.05, 3.63) is 35.9 Å². The van der Waals surface area contributed by atoms with Crippen LogP contribution in [-0.4, -0.2) is 36.2 Å². The SMILES string of the molecule is CCC1OC(=O)N(Cc2ccccc2)C1C(=O)OC. The van der Waals surface area contributed by atoms with E-state index in [-0.39, 0.29) is 0 Å². The number of methoxy groups -OCH3 is 1. The van der Waals surface area contributed by atoms with Crippen LogP contribution in [-0.2, 0) is 20.8 Å². The smallest absolute Gasteiger partial charge is 0.411 e. The predicted octanol–water partition coefficient (Wildman–Crippen LogP) is 1.96. The first kappa shape index (κ1) is 13.4. The lowest BCUT2D eigenvalue weighted by Gasteiger charge is -2.21. The van der Waals surface area contributed by atoms with Crippen LogP contribution in [0.5, 0.6) is 0 Å². The first-order chi connectivity index (χ1) is 9.17. The molecule has 5 heteroatoms. The van der Waals surface area contributed by atoms with E-state index in [1.54, 1.807) is 0 Å². The number of benzene rings is 1. The Morgan fingerprint density at radius 2 is 2.05 bits per heavy atom. The van der Waals surface area contributed by atoms with Gasteiger partial charge >= 0.3 is 12.1 Å². The summed E-state index contributed by atoms with van der Waals surface area (Å²) >= 11 is 0. The number of amides is 1. The van der Waals surface area contributed by atoms with E-state index in [1.165, 1.54) is 12.0 Å². The standard InChI is InChI=1S/C14H17NO4/c1-3-11-12(13(16)18-2)15(14(17)19-11)9-10-7-5-4-6-8-10/h4-8,11-12H,3,9H2,1-2H3. The minimum atomic E-state index is -0.664. The maximum atomic E-state index is 11.9. The van der Waals surface area contributed by atoms with Gasteiger partial charge in [-0.3, -0.25) is 4.90 Å². The van der Waals surface area contributed by atoms with Crippen LogP contribution in [0.2, 0.25) is 0 Å². The largest absolute Gasteiger partial charge is 0.467 e. The first-order valence-electron chi connectivity index (χ1n) is 6.26. The maximum Gasteiger partial charge on any atom is 0.411 e. The third kappa shape index (κ3) is 2.70. The highest BCUT2D eigenvalue weighted by atomic mass is 16.6. The van der Waals surface area contributed by atoms with Crippen molar-refractivity contribution < 1.29 is 19.1 Å². The number of nitrogens with zero attached hydrogens (tertiary/aromatic N) is 1. The fourth-order valence-corrected chi connectivity index (χ4v) is 2.23. The van der Waals surface area contributed by atoms with E-state index in [2.05, 4.69) is 0 Å². The van der Waals surface area contributed by atoms with Crippen LogP contribution in [0.1, 0.15) is 18.9 Å². The molecule has 0 saturated carbocycles.